The number of carbonyl (C=O) groups excluding carboxylic acids is 1. The summed E-state index contributed by atoms with van der Waals surface area (Å²) < 4.78 is 37.3. The fraction of sp³-hybridized carbons (Fsp3) is 0.400. The van der Waals surface area contributed by atoms with Crippen LogP contribution in [0.4, 0.5) is 5.69 Å². The predicted octanol–water partition coefficient (Wildman–Crippen LogP) is 2.66. The van der Waals surface area contributed by atoms with Crippen molar-refractivity contribution in [1.29, 1.82) is 0 Å². The fourth-order valence-electron chi connectivity index (χ4n) is 1.92. The number of benzene rings is 1. The topological polar surface area (TPSA) is 92.7 Å². The van der Waals surface area contributed by atoms with E-state index < -0.39 is 16.0 Å². The molecule has 6 nitrogen and oxygen atoms in total. The Morgan fingerprint density at radius 3 is 2.45 bits per heavy atom. The quantitative estimate of drug-likeness (QED) is 0.748. The first-order valence-electron chi connectivity index (χ1n) is 6.76. The molecule has 0 amide bonds. The van der Waals surface area contributed by atoms with Gasteiger partial charge >= 0.3 is 0 Å². The second kappa shape index (κ2) is 6.93. The van der Waals surface area contributed by atoms with Gasteiger partial charge in [0.05, 0.1) is 18.7 Å². The zero-order chi connectivity index (χ0) is 17.1. The molecule has 0 saturated carbocycles. The Labute approximate surface area is 130 Å². The number of hydrogen-bond donors (Lipinski definition) is 2. The summed E-state index contributed by atoms with van der Waals surface area (Å²) in [4.78, 5) is 11.2. The number of ether oxygens (including phenoxy) is 1. The molecule has 0 radical (unpaired) electrons. The largest absolute Gasteiger partial charge is 0.495 e. The van der Waals surface area contributed by atoms with E-state index in [-0.39, 0.29) is 16.4 Å². The lowest BCUT2D eigenvalue weighted by Crippen LogP contribution is -2.15. The SMILES string of the molecule is C=C(Nc1cc(CC)c(S(=O)(=O)O)cc1OC)C(C)C(C)=O. The molecule has 0 aliphatic heterocycles. The molecular weight excluding hydrogens is 306 g/mol. The van der Waals surface area contributed by atoms with Crippen LogP contribution in [0.15, 0.2) is 29.3 Å². The third-order valence-electron chi connectivity index (χ3n) is 3.47. The third kappa shape index (κ3) is 4.08. The minimum Gasteiger partial charge on any atom is -0.495 e. The van der Waals surface area contributed by atoms with Crippen molar-refractivity contribution in [3.8, 4) is 5.75 Å². The number of rotatable bonds is 7. The molecule has 2 N–H and O–H groups in total. The average Bonchev–Trinajstić information content (AvgIpc) is 2.44. The molecule has 0 spiro atoms. The van der Waals surface area contributed by atoms with Crippen LogP contribution in [-0.4, -0.2) is 25.9 Å². The minimum absolute atomic E-state index is 0.0401. The molecule has 22 heavy (non-hydrogen) atoms. The monoisotopic (exact) mass is 327 g/mol. The van der Waals surface area contributed by atoms with E-state index in [0.717, 1.165) is 0 Å². The molecule has 0 bridgehead atoms. The Morgan fingerprint density at radius 2 is 2.05 bits per heavy atom. The third-order valence-corrected chi connectivity index (χ3v) is 4.40. The Balaban J connectivity index is 3.32. The lowest BCUT2D eigenvalue weighted by Gasteiger charge is -2.18. The van der Waals surface area contributed by atoms with Crippen LogP contribution in [0.25, 0.3) is 0 Å². The molecule has 1 rings (SSSR count). The Hall–Kier alpha value is -1.86. The number of allylic oxidation sites excluding steroid dienone is 1. The predicted molar refractivity (Wildman–Crippen MR) is 84.8 cm³/mol. The summed E-state index contributed by atoms with van der Waals surface area (Å²) in [5.74, 6) is -0.195. The highest BCUT2D eigenvalue weighted by molar-refractivity contribution is 7.85. The van der Waals surface area contributed by atoms with E-state index in [1.54, 1.807) is 19.9 Å². The minimum atomic E-state index is -4.34. The number of methoxy groups -OCH3 is 1. The van der Waals surface area contributed by atoms with E-state index in [9.17, 15) is 17.8 Å². The van der Waals surface area contributed by atoms with Gasteiger partial charge in [-0.1, -0.05) is 13.5 Å². The van der Waals surface area contributed by atoms with Gasteiger partial charge in [-0.05, 0) is 31.9 Å². The second-order valence-electron chi connectivity index (χ2n) is 4.97. The number of ketones is 1. The summed E-state index contributed by atoms with van der Waals surface area (Å²) in [6.45, 7) is 8.77. The molecule has 0 aliphatic carbocycles. The van der Waals surface area contributed by atoms with Crippen LogP contribution in [0.2, 0.25) is 0 Å². The number of anilines is 1. The van der Waals surface area contributed by atoms with Gasteiger partial charge < -0.3 is 10.1 Å². The van der Waals surface area contributed by atoms with E-state index in [4.69, 9.17) is 4.74 Å². The molecule has 0 saturated heterocycles. The summed E-state index contributed by atoms with van der Waals surface area (Å²) in [6, 6.07) is 2.82. The standard InChI is InChI=1S/C15H21NO5S/c1-6-12-7-13(16-10(3)9(2)11(4)17)14(21-5)8-15(12)22(18,19)20/h7-9,16H,3,6H2,1-2,4-5H3,(H,18,19,20). The first kappa shape index (κ1) is 18.2. The van der Waals surface area contributed by atoms with E-state index in [1.807, 2.05) is 0 Å². The van der Waals surface area contributed by atoms with Crippen LogP contribution >= 0.6 is 0 Å². The highest BCUT2D eigenvalue weighted by Gasteiger charge is 2.20. The van der Waals surface area contributed by atoms with Crippen molar-refractivity contribution in [2.45, 2.75) is 32.1 Å². The summed E-state index contributed by atoms with van der Waals surface area (Å²) in [7, 11) is -2.95. The van der Waals surface area contributed by atoms with Crippen LogP contribution in [0, 0.1) is 5.92 Å². The van der Waals surface area contributed by atoms with Crippen molar-refractivity contribution in [1.82, 2.24) is 0 Å². The highest BCUT2D eigenvalue weighted by Crippen LogP contribution is 2.32. The summed E-state index contributed by atoms with van der Waals surface area (Å²) in [6.07, 6.45) is 0.405. The Morgan fingerprint density at radius 1 is 1.45 bits per heavy atom. The van der Waals surface area contributed by atoms with Gasteiger partial charge in [-0.25, -0.2) is 0 Å². The molecule has 0 fully saturated rings. The van der Waals surface area contributed by atoms with Crippen molar-refractivity contribution in [2.24, 2.45) is 5.92 Å². The zero-order valence-electron chi connectivity index (χ0n) is 13.1. The van der Waals surface area contributed by atoms with Gasteiger partial charge in [0, 0.05) is 11.8 Å². The van der Waals surface area contributed by atoms with E-state index in [1.165, 1.54) is 20.1 Å². The number of aryl methyl sites for hydroxylation is 1. The van der Waals surface area contributed by atoms with Gasteiger partial charge in [-0.15, -0.1) is 0 Å². The van der Waals surface area contributed by atoms with E-state index >= 15 is 0 Å². The van der Waals surface area contributed by atoms with Crippen LogP contribution in [0.1, 0.15) is 26.3 Å². The van der Waals surface area contributed by atoms with Crippen LogP contribution < -0.4 is 10.1 Å². The molecule has 1 aromatic rings. The molecule has 1 unspecified atom stereocenters. The van der Waals surface area contributed by atoms with Crippen LogP contribution in [0.3, 0.4) is 0 Å². The maximum Gasteiger partial charge on any atom is 0.294 e. The molecule has 122 valence electrons. The number of Topliss-reactive ketones (excluding diaryl/α,β-unsaturated/α-hetero) is 1. The molecule has 1 atom stereocenters. The number of nitrogens with one attached hydrogen (secondary N) is 1. The maximum absolute atomic E-state index is 11.4. The lowest BCUT2D eigenvalue weighted by atomic mass is 10.0. The van der Waals surface area contributed by atoms with Crippen molar-refractivity contribution in [3.05, 3.63) is 30.0 Å². The van der Waals surface area contributed by atoms with E-state index in [0.29, 0.717) is 23.4 Å². The van der Waals surface area contributed by atoms with Gasteiger partial charge in [0.2, 0.25) is 0 Å². The molecular formula is C15H21NO5S. The molecule has 0 heterocycles. The van der Waals surface area contributed by atoms with Crippen LogP contribution in [0.5, 0.6) is 5.75 Å². The lowest BCUT2D eigenvalue weighted by molar-refractivity contribution is -0.119. The fourth-order valence-corrected chi connectivity index (χ4v) is 2.71. The van der Waals surface area contributed by atoms with Crippen molar-refractivity contribution >= 4 is 21.6 Å². The number of hydrogen-bond acceptors (Lipinski definition) is 5. The van der Waals surface area contributed by atoms with Crippen molar-refractivity contribution < 1.29 is 22.5 Å². The van der Waals surface area contributed by atoms with Gasteiger partial charge in [-0.2, -0.15) is 8.42 Å². The van der Waals surface area contributed by atoms with Gasteiger partial charge in [0.1, 0.15) is 16.4 Å². The summed E-state index contributed by atoms with van der Waals surface area (Å²) in [5.41, 5.74) is 1.41. The molecule has 1 aromatic carbocycles. The Bertz CT molecular complexity index is 694. The zero-order valence-corrected chi connectivity index (χ0v) is 14.0. The van der Waals surface area contributed by atoms with Gasteiger partial charge in [-0.3, -0.25) is 9.35 Å². The normalized spacial score (nSPS) is 12.6. The van der Waals surface area contributed by atoms with Gasteiger partial charge in [0.25, 0.3) is 10.1 Å². The molecule has 7 heteroatoms. The number of carbonyl (C=O) groups is 1. The summed E-state index contributed by atoms with van der Waals surface area (Å²) >= 11 is 0. The van der Waals surface area contributed by atoms with Crippen molar-refractivity contribution in [3.63, 3.8) is 0 Å². The Kier molecular flexibility index (Phi) is 5.73. The molecule has 0 aromatic heterocycles. The van der Waals surface area contributed by atoms with E-state index in [2.05, 4.69) is 11.9 Å². The average molecular weight is 327 g/mol. The molecule has 0 aliphatic rings. The first-order chi connectivity index (χ1) is 10.1. The first-order valence-corrected chi connectivity index (χ1v) is 8.20. The van der Waals surface area contributed by atoms with Crippen molar-refractivity contribution in [2.75, 3.05) is 12.4 Å². The second-order valence-corrected chi connectivity index (χ2v) is 6.36. The summed E-state index contributed by atoms with van der Waals surface area (Å²) in [5, 5.41) is 2.98. The highest BCUT2D eigenvalue weighted by atomic mass is 32.2. The van der Waals surface area contributed by atoms with Crippen LogP contribution in [-0.2, 0) is 21.3 Å². The van der Waals surface area contributed by atoms with Gasteiger partial charge in [0.15, 0.2) is 0 Å². The maximum atomic E-state index is 11.4. The smallest absolute Gasteiger partial charge is 0.294 e.